The third kappa shape index (κ3) is 3.44. The van der Waals surface area contributed by atoms with Crippen molar-refractivity contribution >= 4 is 11.8 Å². The molecule has 1 aliphatic heterocycles. The molecule has 2 rings (SSSR count). The molecule has 1 atom stereocenters. The van der Waals surface area contributed by atoms with Crippen molar-refractivity contribution in [1.82, 2.24) is 4.90 Å². The van der Waals surface area contributed by atoms with E-state index in [2.05, 4.69) is 0 Å². The molecular formula is C15H17F2NO3. The standard InChI is InChI=1S/C15H17F2NO3/c1-9(18-6-4-10(5-7-18)15(20)21)14(19)11-2-3-12(16)13(17)8-11/h2-3,8-10H,4-7H2,1H3,(H,20,21). The van der Waals surface area contributed by atoms with Crippen LogP contribution < -0.4 is 0 Å². The first-order valence-electron chi connectivity index (χ1n) is 6.86. The number of carboxylic acid groups (broad SMARTS) is 1. The molecule has 1 aromatic rings. The summed E-state index contributed by atoms with van der Waals surface area (Å²) in [6, 6.07) is 2.62. The molecule has 0 aromatic heterocycles. The highest BCUT2D eigenvalue weighted by molar-refractivity contribution is 5.99. The van der Waals surface area contributed by atoms with E-state index in [9.17, 15) is 18.4 Å². The maximum atomic E-state index is 13.2. The first-order valence-corrected chi connectivity index (χ1v) is 6.86. The van der Waals surface area contributed by atoms with E-state index in [4.69, 9.17) is 5.11 Å². The summed E-state index contributed by atoms with van der Waals surface area (Å²) in [7, 11) is 0. The van der Waals surface area contributed by atoms with Crippen LogP contribution in [0.3, 0.4) is 0 Å². The van der Waals surface area contributed by atoms with Gasteiger partial charge in [-0.1, -0.05) is 0 Å². The lowest BCUT2D eigenvalue weighted by Gasteiger charge is -2.33. The third-order valence-electron chi connectivity index (χ3n) is 4.01. The zero-order chi connectivity index (χ0) is 15.6. The SMILES string of the molecule is CC(C(=O)c1ccc(F)c(F)c1)N1CCC(C(=O)O)CC1. The van der Waals surface area contributed by atoms with Crippen LogP contribution in [0.25, 0.3) is 0 Å². The molecule has 21 heavy (non-hydrogen) atoms. The highest BCUT2D eigenvalue weighted by Gasteiger charge is 2.30. The van der Waals surface area contributed by atoms with E-state index < -0.39 is 23.6 Å². The first kappa shape index (κ1) is 15.6. The molecule has 1 saturated heterocycles. The van der Waals surface area contributed by atoms with Gasteiger partial charge >= 0.3 is 5.97 Å². The average Bonchev–Trinajstić information content (AvgIpc) is 2.48. The van der Waals surface area contributed by atoms with Gasteiger partial charge < -0.3 is 5.11 Å². The van der Waals surface area contributed by atoms with Gasteiger partial charge in [-0.15, -0.1) is 0 Å². The van der Waals surface area contributed by atoms with Gasteiger partial charge in [0.15, 0.2) is 17.4 Å². The first-order chi connectivity index (χ1) is 9.90. The smallest absolute Gasteiger partial charge is 0.306 e. The Labute approximate surface area is 121 Å². The van der Waals surface area contributed by atoms with Gasteiger partial charge in [-0.2, -0.15) is 0 Å². The highest BCUT2D eigenvalue weighted by Crippen LogP contribution is 2.21. The van der Waals surface area contributed by atoms with Crippen LogP contribution in [0.15, 0.2) is 18.2 Å². The number of hydrogen-bond acceptors (Lipinski definition) is 3. The van der Waals surface area contributed by atoms with Crippen molar-refractivity contribution in [2.45, 2.75) is 25.8 Å². The molecule has 1 N–H and O–H groups in total. The summed E-state index contributed by atoms with van der Waals surface area (Å²) in [4.78, 5) is 25.0. The number of rotatable bonds is 4. The lowest BCUT2D eigenvalue weighted by molar-refractivity contribution is -0.143. The minimum Gasteiger partial charge on any atom is -0.481 e. The second kappa shape index (κ2) is 6.30. The van der Waals surface area contributed by atoms with Crippen LogP contribution >= 0.6 is 0 Å². The van der Waals surface area contributed by atoms with Gasteiger partial charge in [-0.25, -0.2) is 8.78 Å². The molecule has 1 aliphatic rings. The normalized spacial score (nSPS) is 18.4. The predicted octanol–water partition coefficient (Wildman–Crippen LogP) is 2.33. The van der Waals surface area contributed by atoms with Gasteiger partial charge in [0.2, 0.25) is 0 Å². The number of aliphatic carboxylic acids is 1. The van der Waals surface area contributed by atoms with E-state index >= 15 is 0 Å². The molecule has 0 spiro atoms. The van der Waals surface area contributed by atoms with Crippen molar-refractivity contribution in [2.24, 2.45) is 5.92 Å². The fourth-order valence-electron chi connectivity index (χ4n) is 2.59. The van der Waals surface area contributed by atoms with Crippen molar-refractivity contribution in [2.75, 3.05) is 13.1 Å². The molecule has 114 valence electrons. The molecule has 0 radical (unpaired) electrons. The van der Waals surface area contributed by atoms with Crippen molar-refractivity contribution in [3.63, 3.8) is 0 Å². The molecule has 1 heterocycles. The highest BCUT2D eigenvalue weighted by atomic mass is 19.2. The summed E-state index contributed by atoms with van der Waals surface area (Å²) in [6.07, 6.45) is 0.982. The predicted molar refractivity (Wildman–Crippen MR) is 72.1 cm³/mol. The van der Waals surface area contributed by atoms with Gasteiger partial charge in [0.25, 0.3) is 0 Å². The summed E-state index contributed by atoms with van der Waals surface area (Å²) in [6.45, 7) is 2.71. The van der Waals surface area contributed by atoms with Gasteiger partial charge in [0, 0.05) is 5.56 Å². The second-order valence-electron chi connectivity index (χ2n) is 5.32. The Morgan fingerprint density at radius 1 is 1.24 bits per heavy atom. The minimum absolute atomic E-state index is 0.127. The van der Waals surface area contributed by atoms with E-state index in [1.807, 2.05) is 4.90 Å². The van der Waals surface area contributed by atoms with Gasteiger partial charge in [-0.3, -0.25) is 14.5 Å². The summed E-state index contributed by atoms with van der Waals surface area (Å²) in [5.74, 6) is -3.50. The average molecular weight is 297 g/mol. The van der Waals surface area contributed by atoms with E-state index in [1.54, 1.807) is 6.92 Å². The largest absolute Gasteiger partial charge is 0.481 e. The minimum atomic E-state index is -1.04. The fourth-order valence-corrected chi connectivity index (χ4v) is 2.59. The Morgan fingerprint density at radius 2 is 1.86 bits per heavy atom. The Kier molecular flexibility index (Phi) is 4.67. The quantitative estimate of drug-likeness (QED) is 0.867. The summed E-state index contributed by atoms with van der Waals surface area (Å²) >= 11 is 0. The Bertz CT molecular complexity index is 554. The number of halogens is 2. The van der Waals surface area contributed by atoms with Crippen LogP contribution in [-0.2, 0) is 4.79 Å². The second-order valence-corrected chi connectivity index (χ2v) is 5.32. The monoisotopic (exact) mass is 297 g/mol. The van der Waals surface area contributed by atoms with Crippen molar-refractivity contribution in [1.29, 1.82) is 0 Å². The van der Waals surface area contributed by atoms with Crippen LogP contribution in [0.4, 0.5) is 8.78 Å². The number of benzene rings is 1. The number of hydrogen-bond donors (Lipinski definition) is 1. The van der Waals surface area contributed by atoms with Gasteiger partial charge in [0.05, 0.1) is 12.0 Å². The van der Waals surface area contributed by atoms with Crippen LogP contribution in [0.1, 0.15) is 30.1 Å². The maximum Gasteiger partial charge on any atom is 0.306 e. The number of carbonyl (C=O) groups excluding carboxylic acids is 1. The van der Waals surface area contributed by atoms with Crippen LogP contribution in [-0.4, -0.2) is 40.9 Å². The number of Topliss-reactive ketones (excluding diaryl/α,β-unsaturated/α-hetero) is 1. The fraction of sp³-hybridized carbons (Fsp3) is 0.467. The van der Waals surface area contributed by atoms with E-state index in [1.165, 1.54) is 6.07 Å². The molecule has 0 saturated carbocycles. The summed E-state index contributed by atoms with van der Waals surface area (Å²) in [5.41, 5.74) is 0.127. The van der Waals surface area contributed by atoms with Crippen LogP contribution in [0.5, 0.6) is 0 Å². The zero-order valence-corrected chi connectivity index (χ0v) is 11.7. The molecule has 1 aromatic carbocycles. The topological polar surface area (TPSA) is 57.6 Å². The molecule has 0 bridgehead atoms. The summed E-state index contributed by atoms with van der Waals surface area (Å²) in [5, 5.41) is 8.94. The van der Waals surface area contributed by atoms with Crippen molar-refractivity contribution in [3.05, 3.63) is 35.4 Å². The molecule has 6 heteroatoms. The van der Waals surface area contributed by atoms with E-state index in [0.29, 0.717) is 25.9 Å². The number of ketones is 1. The maximum absolute atomic E-state index is 13.2. The number of likely N-dealkylation sites (tertiary alicyclic amines) is 1. The van der Waals surface area contributed by atoms with E-state index in [-0.39, 0.29) is 17.3 Å². The van der Waals surface area contributed by atoms with Gasteiger partial charge in [0.1, 0.15) is 0 Å². The molecular weight excluding hydrogens is 280 g/mol. The third-order valence-corrected chi connectivity index (χ3v) is 4.01. The van der Waals surface area contributed by atoms with Crippen LogP contribution in [0, 0.1) is 17.6 Å². The molecule has 1 fully saturated rings. The Balaban J connectivity index is 2.03. The number of piperidine rings is 1. The lowest BCUT2D eigenvalue weighted by atomic mass is 9.94. The Hall–Kier alpha value is -1.82. The Morgan fingerprint density at radius 3 is 2.38 bits per heavy atom. The van der Waals surface area contributed by atoms with Crippen molar-refractivity contribution < 1.29 is 23.5 Å². The van der Waals surface area contributed by atoms with E-state index in [0.717, 1.165) is 12.1 Å². The molecule has 4 nitrogen and oxygen atoms in total. The zero-order valence-electron chi connectivity index (χ0n) is 11.7. The molecule has 1 unspecified atom stereocenters. The summed E-state index contributed by atoms with van der Waals surface area (Å²) < 4.78 is 26.1. The number of carboxylic acids is 1. The molecule has 0 aliphatic carbocycles. The van der Waals surface area contributed by atoms with Crippen molar-refractivity contribution in [3.8, 4) is 0 Å². The number of nitrogens with zero attached hydrogens (tertiary/aromatic N) is 1. The molecule has 0 amide bonds. The van der Waals surface area contributed by atoms with Gasteiger partial charge in [-0.05, 0) is 51.1 Å². The number of carbonyl (C=O) groups is 2. The van der Waals surface area contributed by atoms with Crippen LogP contribution in [0.2, 0.25) is 0 Å². The lowest BCUT2D eigenvalue weighted by Crippen LogP contribution is -2.45.